The number of nitrogens with two attached hydrogens (primary N) is 1. The Morgan fingerprint density at radius 3 is 2.57 bits per heavy atom. The number of carbonyl (C=O) groups excluding carboxylic acids is 1. The Morgan fingerprint density at radius 1 is 1.43 bits per heavy atom. The van der Waals surface area contributed by atoms with Crippen LogP contribution in [-0.4, -0.2) is 20.0 Å². The molecule has 0 unspecified atom stereocenters. The maximum Gasteiger partial charge on any atom is 0.284 e. The summed E-state index contributed by atoms with van der Waals surface area (Å²) in [6.45, 7) is 0. The summed E-state index contributed by atoms with van der Waals surface area (Å²) in [6, 6.07) is 3.78. The van der Waals surface area contributed by atoms with Crippen LogP contribution >= 0.6 is 0 Å². The Balaban J connectivity index is 2.48. The van der Waals surface area contributed by atoms with E-state index in [1.54, 1.807) is 17.8 Å². The second kappa shape index (κ2) is 3.02. The van der Waals surface area contributed by atoms with Crippen molar-refractivity contribution in [3.63, 3.8) is 0 Å². The van der Waals surface area contributed by atoms with Gasteiger partial charge in [-0.3, -0.25) is 4.79 Å². The fourth-order valence-electron chi connectivity index (χ4n) is 1.29. The Morgan fingerprint density at radius 2 is 2.07 bits per heavy atom. The number of carbonyl (C=O) groups is 1. The van der Waals surface area contributed by atoms with Crippen molar-refractivity contribution in [3.05, 3.63) is 36.5 Å². The zero-order valence-electron chi connectivity index (χ0n) is 7.71. The number of amides is 1. The van der Waals surface area contributed by atoms with Crippen LogP contribution in [0.15, 0.2) is 30.7 Å². The van der Waals surface area contributed by atoms with Crippen molar-refractivity contribution in [3.8, 4) is 5.82 Å². The molecule has 5 heteroatoms. The third kappa shape index (κ3) is 1.28. The summed E-state index contributed by atoms with van der Waals surface area (Å²) < 4.78 is 3.42. The van der Waals surface area contributed by atoms with Gasteiger partial charge in [-0.05, 0) is 12.1 Å². The monoisotopic (exact) mass is 190 g/mol. The quantitative estimate of drug-likeness (QED) is 0.740. The van der Waals surface area contributed by atoms with Crippen LogP contribution in [0.25, 0.3) is 5.82 Å². The van der Waals surface area contributed by atoms with Crippen LogP contribution < -0.4 is 5.73 Å². The molecule has 2 aromatic heterocycles. The van der Waals surface area contributed by atoms with Crippen LogP contribution in [0.5, 0.6) is 0 Å². The molecule has 14 heavy (non-hydrogen) atoms. The molecular weight excluding hydrogens is 180 g/mol. The van der Waals surface area contributed by atoms with Gasteiger partial charge >= 0.3 is 0 Å². The molecule has 0 aromatic carbocycles. The third-order valence-corrected chi connectivity index (χ3v) is 1.95. The number of rotatable bonds is 2. The summed E-state index contributed by atoms with van der Waals surface area (Å²) in [5.41, 5.74) is 5.15. The number of aryl methyl sites for hydroxylation is 1. The van der Waals surface area contributed by atoms with Crippen molar-refractivity contribution in [2.75, 3.05) is 0 Å². The molecule has 2 N–H and O–H groups in total. The summed E-state index contributed by atoms with van der Waals surface area (Å²) >= 11 is 0. The molecule has 0 fully saturated rings. The van der Waals surface area contributed by atoms with Crippen molar-refractivity contribution >= 4 is 5.91 Å². The van der Waals surface area contributed by atoms with E-state index in [9.17, 15) is 4.79 Å². The van der Waals surface area contributed by atoms with Gasteiger partial charge in [0, 0.05) is 25.6 Å². The third-order valence-electron chi connectivity index (χ3n) is 1.95. The fraction of sp³-hybridized carbons (Fsp3) is 0.111. The lowest BCUT2D eigenvalue weighted by Crippen LogP contribution is -2.16. The summed E-state index contributed by atoms with van der Waals surface area (Å²) in [6.07, 6.45) is 5.46. The molecule has 0 atom stereocenters. The highest BCUT2D eigenvalue weighted by Gasteiger charge is 2.10. The normalized spacial score (nSPS) is 10.4. The fourth-order valence-corrected chi connectivity index (χ4v) is 1.29. The molecule has 0 aliphatic rings. The van der Waals surface area contributed by atoms with Gasteiger partial charge in [-0.2, -0.15) is 0 Å². The van der Waals surface area contributed by atoms with Gasteiger partial charge in [0.1, 0.15) is 0 Å². The number of imidazole rings is 1. The second-order valence-corrected chi connectivity index (χ2v) is 2.99. The van der Waals surface area contributed by atoms with E-state index >= 15 is 0 Å². The van der Waals surface area contributed by atoms with E-state index in [2.05, 4.69) is 4.98 Å². The molecular formula is C9H10N4O. The van der Waals surface area contributed by atoms with Crippen molar-refractivity contribution in [2.24, 2.45) is 12.8 Å². The summed E-state index contributed by atoms with van der Waals surface area (Å²) in [4.78, 5) is 15.0. The minimum Gasteiger partial charge on any atom is -0.363 e. The smallest absolute Gasteiger partial charge is 0.284 e. The first-order chi connectivity index (χ1) is 6.68. The van der Waals surface area contributed by atoms with Crippen LogP contribution in [-0.2, 0) is 7.05 Å². The van der Waals surface area contributed by atoms with Crippen LogP contribution in [0.4, 0.5) is 0 Å². The number of hydrogen-bond acceptors (Lipinski definition) is 2. The van der Waals surface area contributed by atoms with Crippen molar-refractivity contribution in [1.29, 1.82) is 0 Å². The van der Waals surface area contributed by atoms with E-state index in [1.165, 1.54) is 0 Å². The van der Waals surface area contributed by atoms with Crippen LogP contribution in [0, 0.1) is 0 Å². The average Bonchev–Trinajstić information content (AvgIpc) is 2.70. The van der Waals surface area contributed by atoms with Gasteiger partial charge in [-0.25, -0.2) is 4.98 Å². The molecule has 0 saturated carbocycles. The van der Waals surface area contributed by atoms with Crippen LogP contribution in [0.2, 0.25) is 0 Å². The van der Waals surface area contributed by atoms with Gasteiger partial charge in [0.05, 0.1) is 0 Å². The Hall–Kier alpha value is -2.04. The van der Waals surface area contributed by atoms with Gasteiger partial charge in [-0.1, -0.05) is 0 Å². The van der Waals surface area contributed by atoms with Gasteiger partial charge in [0.25, 0.3) is 5.91 Å². The molecule has 2 rings (SSSR count). The van der Waals surface area contributed by atoms with Crippen molar-refractivity contribution in [1.82, 2.24) is 14.1 Å². The van der Waals surface area contributed by atoms with E-state index in [0.29, 0.717) is 5.82 Å². The molecule has 0 radical (unpaired) electrons. The predicted octanol–water partition coefficient (Wildman–Crippen LogP) is 0.310. The van der Waals surface area contributed by atoms with Crippen molar-refractivity contribution in [2.45, 2.75) is 0 Å². The maximum atomic E-state index is 10.9. The molecule has 0 aliphatic heterocycles. The topological polar surface area (TPSA) is 65.8 Å². The SMILES string of the molecule is Cn1cc(-n2cccc2)nc1C(N)=O. The standard InChI is InChI=1S/C9H10N4O/c1-12-6-7(11-9(12)8(10)14)13-4-2-3-5-13/h2-6H,1H3,(H2,10,14). The van der Waals surface area contributed by atoms with Gasteiger partial charge < -0.3 is 14.9 Å². The maximum absolute atomic E-state index is 10.9. The Kier molecular flexibility index (Phi) is 1.85. The Bertz CT molecular complexity index is 455. The van der Waals surface area contributed by atoms with Gasteiger partial charge in [0.15, 0.2) is 5.82 Å². The summed E-state index contributed by atoms with van der Waals surface area (Å²) in [5, 5.41) is 0. The molecule has 72 valence electrons. The predicted molar refractivity (Wildman–Crippen MR) is 51.1 cm³/mol. The largest absolute Gasteiger partial charge is 0.363 e. The first-order valence-corrected chi connectivity index (χ1v) is 4.15. The van der Waals surface area contributed by atoms with Crippen LogP contribution in [0.3, 0.4) is 0 Å². The molecule has 0 bridgehead atoms. The minimum absolute atomic E-state index is 0.258. The lowest BCUT2D eigenvalue weighted by atomic mass is 10.6. The molecule has 0 spiro atoms. The highest BCUT2D eigenvalue weighted by molar-refractivity contribution is 5.89. The molecule has 2 aromatic rings. The summed E-state index contributed by atoms with van der Waals surface area (Å²) in [7, 11) is 1.74. The summed E-state index contributed by atoms with van der Waals surface area (Å²) in [5.74, 6) is 0.422. The Labute approximate surface area is 80.8 Å². The van der Waals surface area contributed by atoms with E-state index < -0.39 is 5.91 Å². The van der Waals surface area contributed by atoms with Gasteiger partial charge in [-0.15, -0.1) is 0 Å². The lowest BCUT2D eigenvalue weighted by molar-refractivity contribution is 0.0987. The molecule has 1 amide bonds. The highest BCUT2D eigenvalue weighted by Crippen LogP contribution is 2.06. The zero-order chi connectivity index (χ0) is 10.1. The average molecular weight is 190 g/mol. The lowest BCUT2D eigenvalue weighted by Gasteiger charge is -1.93. The van der Waals surface area contributed by atoms with Crippen molar-refractivity contribution < 1.29 is 4.79 Å². The molecule has 5 nitrogen and oxygen atoms in total. The zero-order valence-corrected chi connectivity index (χ0v) is 7.71. The van der Waals surface area contributed by atoms with Crippen LogP contribution in [0.1, 0.15) is 10.6 Å². The number of aromatic nitrogens is 3. The molecule has 2 heterocycles. The van der Waals surface area contributed by atoms with E-state index in [4.69, 9.17) is 5.73 Å². The van der Waals surface area contributed by atoms with E-state index in [0.717, 1.165) is 0 Å². The number of nitrogens with zero attached hydrogens (tertiary/aromatic N) is 3. The number of hydrogen-bond donors (Lipinski definition) is 1. The molecule has 0 saturated heterocycles. The highest BCUT2D eigenvalue weighted by atomic mass is 16.1. The van der Waals surface area contributed by atoms with E-state index in [1.807, 2.05) is 29.1 Å². The first-order valence-electron chi connectivity index (χ1n) is 4.15. The second-order valence-electron chi connectivity index (χ2n) is 2.99. The molecule has 0 aliphatic carbocycles. The first kappa shape index (κ1) is 8.55. The van der Waals surface area contributed by atoms with Gasteiger partial charge in [0.2, 0.25) is 5.82 Å². The van der Waals surface area contributed by atoms with E-state index in [-0.39, 0.29) is 5.82 Å². The minimum atomic E-state index is -0.522. The number of primary amides is 1.